The Hall–Kier alpha value is -2.85. The van der Waals surface area contributed by atoms with E-state index in [1.54, 1.807) is 25.1 Å². The van der Waals surface area contributed by atoms with Gasteiger partial charge in [-0.2, -0.15) is 18.3 Å². The molecule has 1 fully saturated rings. The lowest BCUT2D eigenvalue weighted by molar-refractivity contribution is -0.136. The largest absolute Gasteiger partial charge is 0.417 e. The summed E-state index contributed by atoms with van der Waals surface area (Å²) in [5.41, 5.74) is -1.05. The van der Waals surface area contributed by atoms with E-state index in [2.05, 4.69) is 5.10 Å². The molecule has 1 aliphatic rings. The van der Waals surface area contributed by atoms with E-state index in [4.69, 9.17) is 16.3 Å². The zero-order valence-corrected chi connectivity index (χ0v) is 18.1. The van der Waals surface area contributed by atoms with Crippen LogP contribution in [-0.2, 0) is 22.3 Å². The number of hydrogen-bond acceptors (Lipinski definition) is 4. The maximum Gasteiger partial charge on any atom is 0.417 e. The number of carbonyl (C=O) groups is 1. The number of morpholine rings is 1. The molecule has 1 aliphatic heterocycles. The van der Waals surface area contributed by atoms with Gasteiger partial charge in [0.2, 0.25) is 5.91 Å². The van der Waals surface area contributed by atoms with Gasteiger partial charge in [-0.25, -0.2) is 4.68 Å². The monoisotopic (exact) mass is 468 g/mol. The van der Waals surface area contributed by atoms with Crippen molar-refractivity contribution in [2.24, 2.45) is 0 Å². The quantitative estimate of drug-likeness (QED) is 0.591. The molecule has 3 aromatic rings. The first-order valence-electron chi connectivity index (χ1n) is 9.91. The number of aryl methyl sites for hydroxylation is 1. The molecule has 7 nitrogen and oxygen atoms in total. The molecule has 1 aromatic carbocycles. The first kappa shape index (κ1) is 22.3. The third-order valence-electron chi connectivity index (χ3n) is 5.52. The summed E-state index contributed by atoms with van der Waals surface area (Å²) in [4.78, 5) is 27.2. The highest BCUT2D eigenvalue weighted by molar-refractivity contribution is 6.31. The van der Waals surface area contributed by atoms with Gasteiger partial charge in [-0.3, -0.25) is 14.2 Å². The molecule has 0 radical (unpaired) electrons. The van der Waals surface area contributed by atoms with Crippen molar-refractivity contribution in [3.05, 3.63) is 56.5 Å². The molecule has 0 saturated carbocycles. The SMILES string of the molecule is Cc1c(Cl)cccc1-n1nc(C)c2c(C(F)(F)F)cc(=O)n(CC(=O)N3CCOCC3)c21. The summed E-state index contributed by atoms with van der Waals surface area (Å²) >= 11 is 6.22. The Labute approximate surface area is 185 Å². The number of carbonyl (C=O) groups excluding carboxylic acids is 1. The zero-order valence-electron chi connectivity index (χ0n) is 17.4. The molecule has 4 rings (SSSR count). The van der Waals surface area contributed by atoms with Gasteiger partial charge in [-0.15, -0.1) is 0 Å². The van der Waals surface area contributed by atoms with Crippen LogP contribution in [0, 0.1) is 13.8 Å². The van der Waals surface area contributed by atoms with Gasteiger partial charge in [0.15, 0.2) is 0 Å². The number of ether oxygens (including phenoxy) is 1. The number of halogens is 4. The Balaban J connectivity index is 1.99. The number of fused-ring (bicyclic) bond motifs is 1. The molecule has 170 valence electrons. The molecule has 3 heterocycles. The average molecular weight is 469 g/mol. The fraction of sp³-hybridized carbons (Fsp3) is 0.381. The summed E-state index contributed by atoms with van der Waals surface area (Å²) in [7, 11) is 0. The molecular formula is C21H20ClF3N4O3. The number of pyridine rings is 1. The topological polar surface area (TPSA) is 69.4 Å². The average Bonchev–Trinajstić information content (AvgIpc) is 3.08. The van der Waals surface area contributed by atoms with Gasteiger partial charge in [0, 0.05) is 24.2 Å². The second-order valence-electron chi connectivity index (χ2n) is 7.55. The summed E-state index contributed by atoms with van der Waals surface area (Å²) in [5.74, 6) is -0.385. The fourth-order valence-corrected chi connectivity index (χ4v) is 4.05. The molecule has 11 heteroatoms. The van der Waals surface area contributed by atoms with Gasteiger partial charge in [-0.1, -0.05) is 17.7 Å². The number of amides is 1. The van der Waals surface area contributed by atoms with Crippen molar-refractivity contribution in [2.45, 2.75) is 26.6 Å². The van der Waals surface area contributed by atoms with E-state index >= 15 is 0 Å². The molecule has 0 bridgehead atoms. The first-order chi connectivity index (χ1) is 15.1. The predicted octanol–water partition coefficient (Wildman–Crippen LogP) is 3.34. The van der Waals surface area contributed by atoms with Crippen molar-refractivity contribution in [3.8, 4) is 5.69 Å². The lowest BCUT2D eigenvalue weighted by Gasteiger charge is -2.27. The van der Waals surface area contributed by atoms with Crippen LogP contribution in [-0.4, -0.2) is 51.5 Å². The Bertz CT molecular complexity index is 1260. The molecule has 1 amide bonds. The van der Waals surface area contributed by atoms with E-state index in [1.165, 1.54) is 16.5 Å². The number of benzene rings is 1. The zero-order chi connectivity index (χ0) is 23.2. The number of nitrogens with zero attached hydrogens (tertiary/aromatic N) is 4. The highest BCUT2D eigenvalue weighted by Crippen LogP contribution is 2.36. The van der Waals surface area contributed by atoms with Crippen molar-refractivity contribution in [2.75, 3.05) is 26.3 Å². The molecule has 0 aliphatic carbocycles. The van der Waals surface area contributed by atoms with E-state index in [0.29, 0.717) is 48.6 Å². The first-order valence-corrected chi connectivity index (χ1v) is 10.3. The van der Waals surface area contributed by atoms with Crippen LogP contribution in [0.1, 0.15) is 16.8 Å². The van der Waals surface area contributed by atoms with Gasteiger partial charge >= 0.3 is 6.18 Å². The van der Waals surface area contributed by atoms with E-state index in [0.717, 1.165) is 4.57 Å². The minimum absolute atomic E-state index is 0.0827. The second kappa shape index (κ2) is 8.25. The van der Waals surface area contributed by atoms with Crippen molar-refractivity contribution in [1.29, 1.82) is 0 Å². The minimum atomic E-state index is -4.77. The van der Waals surface area contributed by atoms with Crippen LogP contribution in [0.5, 0.6) is 0 Å². The number of hydrogen-bond donors (Lipinski definition) is 0. The lowest BCUT2D eigenvalue weighted by Crippen LogP contribution is -2.43. The molecule has 0 atom stereocenters. The molecule has 0 N–H and O–H groups in total. The standard InChI is InChI=1S/C21H20ClF3N4O3/c1-12-15(22)4-3-5-16(12)29-20-19(13(2)26-29)14(21(23,24)25)10-17(30)28(20)11-18(31)27-6-8-32-9-7-27/h3-5,10H,6-9,11H2,1-2H3. The van der Waals surface area contributed by atoms with Crippen LogP contribution in [0.2, 0.25) is 5.02 Å². The van der Waals surface area contributed by atoms with Crippen LogP contribution in [0.25, 0.3) is 16.7 Å². The van der Waals surface area contributed by atoms with E-state index in [9.17, 15) is 22.8 Å². The van der Waals surface area contributed by atoms with Crippen LogP contribution in [0.3, 0.4) is 0 Å². The van der Waals surface area contributed by atoms with Crippen LogP contribution < -0.4 is 5.56 Å². The maximum atomic E-state index is 13.8. The van der Waals surface area contributed by atoms with Gasteiger partial charge in [-0.05, 0) is 31.5 Å². The molecule has 0 spiro atoms. The normalized spacial score (nSPS) is 14.9. The van der Waals surface area contributed by atoms with Gasteiger partial charge in [0.05, 0.1) is 35.5 Å². The summed E-state index contributed by atoms with van der Waals surface area (Å²) in [6.07, 6.45) is -4.77. The van der Waals surface area contributed by atoms with E-state index < -0.39 is 23.8 Å². The third kappa shape index (κ3) is 3.88. The third-order valence-corrected chi connectivity index (χ3v) is 5.93. The van der Waals surface area contributed by atoms with Crippen molar-refractivity contribution >= 4 is 28.5 Å². The minimum Gasteiger partial charge on any atom is -0.378 e. The van der Waals surface area contributed by atoms with Crippen LogP contribution in [0.4, 0.5) is 13.2 Å². The molecule has 2 aromatic heterocycles. The van der Waals surface area contributed by atoms with E-state index in [1.807, 2.05) is 0 Å². The lowest BCUT2D eigenvalue weighted by atomic mass is 10.1. The maximum absolute atomic E-state index is 13.8. The van der Waals surface area contributed by atoms with Gasteiger partial charge < -0.3 is 9.64 Å². The Morgan fingerprint density at radius 2 is 1.91 bits per heavy atom. The van der Waals surface area contributed by atoms with Gasteiger partial charge in [0.1, 0.15) is 12.2 Å². The summed E-state index contributed by atoms with van der Waals surface area (Å²) in [5, 5.41) is 4.48. The molecule has 0 unspecified atom stereocenters. The Morgan fingerprint density at radius 1 is 1.22 bits per heavy atom. The van der Waals surface area contributed by atoms with E-state index in [-0.39, 0.29) is 22.6 Å². The van der Waals surface area contributed by atoms with Gasteiger partial charge in [0.25, 0.3) is 5.56 Å². The Kier molecular flexibility index (Phi) is 5.76. The highest BCUT2D eigenvalue weighted by Gasteiger charge is 2.37. The van der Waals surface area contributed by atoms with Crippen molar-refractivity contribution in [1.82, 2.24) is 19.2 Å². The number of alkyl halides is 3. The van der Waals surface area contributed by atoms with Crippen molar-refractivity contribution < 1.29 is 22.7 Å². The molecular weight excluding hydrogens is 449 g/mol. The fourth-order valence-electron chi connectivity index (χ4n) is 3.88. The highest BCUT2D eigenvalue weighted by atomic mass is 35.5. The number of rotatable bonds is 3. The molecule has 1 saturated heterocycles. The number of aromatic nitrogens is 3. The summed E-state index contributed by atoms with van der Waals surface area (Å²) in [6, 6.07) is 5.46. The van der Waals surface area contributed by atoms with Crippen LogP contribution >= 0.6 is 11.6 Å². The predicted molar refractivity (Wildman–Crippen MR) is 112 cm³/mol. The smallest absolute Gasteiger partial charge is 0.378 e. The summed E-state index contributed by atoms with van der Waals surface area (Å²) in [6.45, 7) is 4.15. The second-order valence-corrected chi connectivity index (χ2v) is 7.96. The van der Waals surface area contributed by atoms with Crippen LogP contribution in [0.15, 0.2) is 29.1 Å². The van der Waals surface area contributed by atoms with Crippen molar-refractivity contribution in [3.63, 3.8) is 0 Å². The molecule has 32 heavy (non-hydrogen) atoms. The summed E-state index contributed by atoms with van der Waals surface area (Å²) < 4.78 is 49.0. The Morgan fingerprint density at radius 3 is 2.56 bits per heavy atom.